The third kappa shape index (κ3) is 3.28. The van der Waals surface area contributed by atoms with E-state index in [1.807, 2.05) is 0 Å². The van der Waals surface area contributed by atoms with Gasteiger partial charge in [0.15, 0.2) is 0 Å². The van der Waals surface area contributed by atoms with Crippen LogP contribution in [-0.4, -0.2) is 66.9 Å². The molecule has 0 aromatic heterocycles. The molecule has 118 valence electrons. The first-order valence-corrected chi connectivity index (χ1v) is 7.78. The number of nitrogens with one attached hydrogen (secondary N) is 1. The Morgan fingerprint density at radius 2 is 1.82 bits per heavy atom. The van der Waals surface area contributed by atoms with Crippen LogP contribution < -0.4 is 11.1 Å². The zero-order chi connectivity index (χ0) is 15.5. The summed E-state index contributed by atoms with van der Waals surface area (Å²) in [5, 5.41) is 3.01. The van der Waals surface area contributed by atoms with Crippen LogP contribution in [0.2, 0.25) is 0 Å². The second-order valence-corrected chi connectivity index (χ2v) is 6.00. The molecule has 0 saturated carbocycles. The summed E-state index contributed by atoms with van der Waals surface area (Å²) in [6.45, 7) is 6.19. The second-order valence-electron chi connectivity index (χ2n) is 6.00. The summed E-state index contributed by atoms with van der Waals surface area (Å²) in [5.41, 5.74) is 6.16. The number of hydrogen-bond donors (Lipinski definition) is 2. The molecule has 3 aliphatic rings. The van der Waals surface area contributed by atoms with Crippen LogP contribution in [0.15, 0.2) is 24.3 Å². The molecule has 3 saturated heterocycles. The van der Waals surface area contributed by atoms with Gasteiger partial charge in [0.1, 0.15) is 0 Å². The Kier molecular flexibility index (Phi) is 4.40. The Morgan fingerprint density at radius 1 is 1.09 bits per heavy atom. The summed E-state index contributed by atoms with van der Waals surface area (Å²) in [4.78, 5) is 28.2. The van der Waals surface area contributed by atoms with Crippen LogP contribution in [0, 0.1) is 0 Å². The smallest absolute Gasteiger partial charge is 0.251 e. The summed E-state index contributed by atoms with van der Waals surface area (Å²) in [5.74, 6) is -0.587. The van der Waals surface area contributed by atoms with Crippen LogP contribution in [0.25, 0.3) is 0 Å². The molecule has 2 bridgehead atoms. The van der Waals surface area contributed by atoms with Crippen LogP contribution in [0.4, 0.5) is 0 Å². The molecule has 0 aliphatic carbocycles. The van der Waals surface area contributed by atoms with Crippen molar-refractivity contribution in [2.24, 2.45) is 5.73 Å². The van der Waals surface area contributed by atoms with Gasteiger partial charge in [-0.05, 0) is 43.8 Å². The number of amides is 2. The maximum absolute atomic E-state index is 12.2. The summed E-state index contributed by atoms with van der Waals surface area (Å²) in [6, 6.07) is 6.84. The van der Waals surface area contributed by atoms with Crippen molar-refractivity contribution < 1.29 is 9.59 Å². The molecule has 1 aromatic carbocycles. The van der Waals surface area contributed by atoms with Crippen molar-refractivity contribution in [1.29, 1.82) is 0 Å². The lowest BCUT2D eigenvalue weighted by atomic mass is 10.1. The Bertz CT molecular complexity index is 554. The van der Waals surface area contributed by atoms with Gasteiger partial charge in [-0.3, -0.25) is 14.5 Å². The zero-order valence-electron chi connectivity index (χ0n) is 12.6. The van der Waals surface area contributed by atoms with Gasteiger partial charge in [0.05, 0.1) is 0 Å². The standard InChI is InChI=1S/C16H22N4O2/c17-15(21)12-2-4-13(5-3-12)16(22)18-10-14-11-19-6-1-7-20(14)9-8-19/h2-5,14H,1,6-11H2,(H2,17,21)(H,18,22)/t14-/m1/s1. The average Bonchev–Trinajstić information content (AvgIpc) is 2.88. The first-order valence-electron chi connectivity index (χ1n) is 7.78. The van der Waals surface area contributed by atoms with Gasteiger partial charge in [-0.15, -0.1) is 0 Å². The van der Waals surface area contributed by atoms with Gasteiger partial charge >= 0.3 is 0 Å². The molecular weight excluding hydrogens is 280 g/mol. The average molecular weight is 302 g/mol. The lowest BCUT2D eigenvalue weighted by Crippen LogP contribution is -2.54. The van der Waals surface area contributed by atoms with Crippen molar-refractivity contribution >= 4 is 11.8 Å². The normalized spacial score (nSPS) is 27.2. The Hall–Kier alpha value is -1.92. The number of primary amides is 1. The van der Waals surface area contributed by atoms with Crippen LogP contribution in [0.1, 0.15) is 27.1 Å². The molecule has 22 heavy (non-hydrogen) atoms. The molecule has 3 aliphatic heterocycles. The number of nitrogens with two attached hydrogens (primary N) is 1. The molecule has 2 amide bonds. The van der Waals surface area contributed by atoms with E-state index in [1.54, 1.807) is 24.3 Å². The number of rotatable bonds is 4. The number of hydrogen-bond acceptors (Lipinski definition) is 4. The molecule has 3 atom stereocenters. The van der Waals surface area contributed by atoms with E-state index in [2.05, 4.69) is 15.1 Å². The highest BCUT2D eigenvalue weighted by Gasteiger charge is 2.29. The first kappa shape index (κ1) is 15.0. The van der Waals surface area contributed by atoms with Gasteiger partial charge in [-0.1, -0.05) is 0 Å². The lowest BCUT2D eigenvalue weighted by molar-refractivity contribution is 0.0878. The molecule has 3 N–H and O–H groups in total. The molecule has 0 spiro atoms. The molecule has 4 rings (SSSR count). The Labute approximate surface area is 130 Å². The Balaban J connectivity index is 1.56. The first-order chi connectivity index (χ1) is 10.6. The minimum absolute atomic E-state index is 0.104. The van der Waals surface area contributed by atoms with Crippen LogP contribution in [0.5, 0.6) is 0 Å². The second kappa shape index (κ2) is 6.46. The van der Waals surface area contributed by atoms with Gasteiger partial charge < -0.3 is 16.0 Å². The zero-order valence-corrected chi connectivity index (χ0v) is 12.6. The molecule has 1 aromatic rings. The molecule has 6 heteroatoms. The largest absolute Gasteiger partial charge is 0.366 e. The summed E-state index contributed by atoms with van der Waals surface area (Å²) < 4.78 is 0. The van der Waals surface area contributed by atoms with Crippen LogP contribution in [0.3, 0.4) is 0 Å². The van der Waals surface area contributed by atoms with Crippen molar-refractivity contribution in [2.45, 2.75) is 12.5 Å². The number of fused-ring (bicyclic) bond motifs is 4. The minimum atomic E-state index is -0.483. The molecule has 6 nitrogen and oxygen atoms in total. The highest BCUT2D eigenvalue weighted by Crippen LogP contribution is 2.15. The topological polar surface area (TPSA) is 78.7 Å². The summed E-state index contributed by atoms with van der Waals surface area (Å²) >= 11 is 0. The fourth-order valence-electron chi connectivity index (χ4n) is 3.24. The fourth-order valence-corrected chi connectivity index (χ4v) is 3.24. The predicted octanol–water partition coefficient (Wildman–Crippen LogP) is -0.0948. The van der Waals surface area contributed by atoms with Gasteiger partial charge in [0, 0.05) is 43.3 Å². The number of carbonyl (C=O) groups excluding carboxylic acids is 2. The third-order valence-electron chi connectivity index (χ3n) is 4.54. The summed E-state index contributed by atoms with van der Waals surface area (Å²) in [6.07, 6.45) is 1.21. The monoisotopic (exact) mass is 302 g/mol. The van der Waals surface area contributed by atoms with Gasteiger partial charge in [-0.25, -0.2) is 0 Å². The molecule has 3 fully saturated rings. The van der Waals surface area contributed by atoms with Gasteiger partial charge in [0.2, 0.25) is 5.91 Å². The fraction of sp³-hybridized carbons (Fsp3) is 0.500. The van der Waals surface area contributed by atoms with Crippen molar-refractivity contribution in [3.8, 4) is 0 Å². The van der Waals surface area contributed by atoms with E-state index in [9.17, 15) is 9.59 Å². The molecule has 3 heterocycles. The maximum atomic E-state index is 12.2. The predicted molar refractivity (Wildman–Crippen MR) is 83.7 cm³/mol. The number of benzene rings is 1. The molecule has 0 radical (unpaired) electrons. The summed E-state index contributed by atoms with van der Waals surface area (Å²) in [7, 11) is 0. The van der Waals surface area contributed by atoms with E-state index in [1.165, 1.54) is 6.42 Å². The molecule has 2 unspecified atom stereocenters. The van der Waals surface area contributed by atoms with E-state index in [-0.39, 0.29) is 5.91 Å². The van der Waals surface area contributed by atoms with Crippen molar-refractivity contribution in [3.63, 3.8) is 0 Å². The van der Waals surface area contributed by atoms with Crippen molar-refractivity contribution in [3.05, 3.63) is 35.4 Å². The van der Waals surface area contributed by atoms with E-state index in [0.717, 1.165) is 32.7 Å². The van der Waals surface area contributed by atoms with E-state index in [4.69, 9.17) is 5.73 Å². The highest BCUT2D eigenvalue weighted by atomic mass is 16.2. The highest BCUT2D eigenvalue weighted by molar-refractivity contribution is 5.97. The maximum Gasteiger partial charge on any atom is 0.251 e. The lowest BCUT2D eigenvalue weighted by Gasteiger charge is -2.37. The minimum Gasteiger partial charge on any atom is -0.366 e. The van der Waals surface area contributed by atoms with Gasteiger partial charge in [0.25, 0.3) is 5.91 Å². The van der Waals surface area contributed by atoms with Gasteiger partial charge in [-0.2, -0.15) is 0 Å². The van der Waals surface area contributed by atoms with Crippen molar-refractivity contribution in [2.75, 3.05) is 39.3 Å². The number of piperazine rings is 1. The number of nitrogens with zero attached hydrogens (tertiary/aromatic N) is 2. The Morgan fingerprint density at radius 3 is 2.55 bits per heavy atom. The van der Waals surface area contributed by atoms with E-state index < -0.39 is 5.91 Å². The SMILES string of the molecule is NC(=O)c1ccc(C(=O)NC[C@@H]2CN3CCCN2CC3)cc1. The van der Waals surface area contributed by atoms with E-state index >= 15 is 0 Å². The third-order valence-corrected chi connectivity index (χ3v) is 4.54. The van der Waals surface area contributed by atoms with E-state index in [0.29, 0.717) is 23.7 Å². The van der Waals surface area contributed by atoms with Crippen LogP contribution in [-0.2, 0) is 0 Å². The van der Waals surface area contributed by atoms with Crippen LogP contribution >= 0.6 is 0 Å². The molecular formula is C16H22N4O2. The number of carbonyl (C=O) groups is 2. The quantitative estimate of drug-likeness (QED) is 0.814. The van der Waals surface area contributed by atoms with Crippen molar-refractivity contribution in [1.82, 2.24) is 15.1 Å².